The third-order valence-electron chi connectivity index (χ3n) is 3.61. The first-order valence-electron chi connectivity index (χ1n) is 7.05. The molecule has 0 amide bonds. The molecule has 0 saturated heterocycles. The van der Waals surface area contributed by atoms with Crippen LogP contribution in [-0.2, 0) is 0 Å². The largest absolute Gasteiger partial charge is 0.497 e. The topological polar surface area (TPSA) is 42.3 Å². The number of hydrogen-bond acceptors (Lipinski definition) is 3. The Morgan fingerprint density at radius 1 is 0.952 bits per heavy atom. The zero-order valence-electron chi connectivity index (χ0n) is 12.5. The van der Waals surface area contributed by atoms with Gasteiger partial charge in [-0.25, -0.2) is 0 Å². The number of rotatable bonds is 7. The van der Waals surface area contributed by atoms with E-state index < -0.39 is 0 Å². The summed E-state index contributed by atoms with van der Waals surface area (Å²) in [5.74, 6) is 1.98. The van der Waals surface area contributed by atoms with E-state index in [1.165, 1.54) is 17.3 Å². The lowest BCUT2D eigenvalue weighted by Gasteiger charge is -2.18. The summed E-state index contributed by atoms with van der Waals surface area (Å²) in [4.78, 5) is 0. The minimum Gasteiger partial charge on any atom is -0.497 e. The van der Waals surface area contributed by atoms with E-state index >= 15 is 0 Å². The van der Waals surface area contributed by atoms with Crippen LogP contribution in [0.5, 0.6) is 11.5 Å². The zero-order valence-corrected chi connectivity index (χ0v) is 12.5. The van der Waals surface area contributed by atoms with E-state index in [0.29, 0.717) is 0 Å². The Morgan fingerprint density at radius 2 is 1.67 bits per heavy atom. The summed E-state index contributed by atoms with van der Waals surface area (Å²) in [6, 6.07) is 16.3. The quantitative estimate of drug-likeness (QED) is 0.771. The highest BCUT2D eigenvalue weighted by molar-refractivity contribution is 5.53. The summed E-state index contributed by atoms with van der Waals surface area (Å²) in [5, 5.41) is 7.29. The Labute approximate surface area is 126 Å². The first-order chi connectivity index (χ1) is 10.3. The first kappa shape index (κ1) is 15.1. The van der Waals surface area contributed by atoms with E-state index in [0.717, 1.165) is 24.3 Å². The van der Waals surface area contributed by atoms with E-state index in [2.05, 4.69) is 24.3 Å². The summed E-state index contributed by atoms with van der Waals surface area (Å²) < 4.78 is 10.5. The van der Waals surface area contributed by atoms with E-state index in [-0.39, 0.29) is 5.92 Å². The fraction of sp³-hybridized carbons (Fsp3) is 0.278. The molecule has 3 heteroatoms. The smallest absolute Gasteiger partial charge is 0.119 e. The van der Waals surface area contributed by atoms with Gasteiger partial charge >= 0.3 is 0 Å². The Bertz CT molecular complexity index is 578. The summed E-state index contributed by atoms with van der Waals surface area (Å²) in [6.45, 7) is 0. The molecule has 0 spiro atoms. The fourth-order valence-electron chi connectivity index (χ4n) is 2.47. The highest BCUT2D eigenvalue weighted by Gasteiger charge is 2.14. The van der Waals surface area contributed by atoms with Crippen LogP contribution in [0.1, 0.15) is 29.9 Å². The molecule has 1 N–H and O–H groups in total. The third-order valence-corrected chi connectivity index (χ3v) is 3.61. The second-order valence-electron chi connectivity index (χ2n) is 4.88. The second kappa shape index (κ2) is 7.48. The number of hydrogen-bond donors (Lipinski definition) is 1. The van der Waals surface area contributed by atoms with E-state index in [4.69, 9.17) is 14.9 Å². The van der Waals surface area contributed by atoms with Crippen molar-refractivity contribution in [2.24, 2.45) is 0 Å². The average Bonchev–Trinajstić information content (AvgIpc) is 2.56. The van der Waals surface area contributed by atoms with Crippen molar-refractivity contribution in [1.82, 2.24) is 0 Å². The van der Waals surface area contributed by atoms with Crippen molar-refractivity contribution in [2.45, 2.75) is 18.8 Å². The standard InChI is InChI=1S/C18H21NO2/c1-20-16-10-8-14(9-11-16)18(7-4-12-19)15-5-3-6-17(13-15)21-2/h3,5-6,8-13,18-19H,4,7H2,1-2H3. The maximum absolute atomic E-state index is 7.29. The van der Waals surface area contributed by atoms with Crippen molar-refractivity contribution in [2.75, 3.05) is 14.2 Å². The van der Waals surface area contributed by atoms with Crippen LogP contribution >= 0.6 is 0 Å². The molecule has 2 rings (SSSR count). The Morgan fingerprint density at radius 3 is 2.29 bits per heavy atom. The minimum atomic E-state index is 0.257. The molecule has 0 fully saturated rings. The van der Waals surface area contributed by atoms with Crippen LogP contribution in [0.15, 0.2) is 48.5 Å². The van der Waals surface area contributed by atoms with Crippen LogP contribution in [0.25, 0.3) is 0 Å². The molecule has 0 aliphatic heterocycles. The summed E-state index contributed by atoms with van der Waals surface area (Å²) in [6.07, 6.45) is 3.13. The third kappa shape index (κ3) is 3.85. The van der Waals surface area contributed by atoms with Gasteiger partial charge in [0.05, 0.1) is 14.2 Å². The molecule has 2 aromatic rings. The summed E-state index contributed by atoms with van der Waals surface area (Å²) >= 11 is 0. The van der Waals surface area contributed by atoms with Crippen LogP contribution in [0.2, 0.25) is 0 Å². The molecule has 0 aromatic heterocycles. The lowest BCUT2D eigenvalue weighted by Crippen LogP contribution is -2.02. The maximum atomic E-state index is 7.29. The van der Waals surface area contributed by atoms with Gasteiger partial charge in [0.2, 0.25) is 0 Å². The molecular weight excluding hydrogens is 262 g/mol. The maximum Gasteiger partial charge on any atom is 0.119 e. The molecule has 2 aromatic carbocycles. The molecule has 0 aliphatic rings. The van der Waals surface area contributed by atoms with Crippen molar-refractivity contribution in [1.29, 1.82) is 5.41 Å². The van der Waals surface area contributed by atoms with Crippen LogP contribution in [0.3, 0.4) is 0 Å². The molecule has 1 unspecified atom stereocenters. The predicted octanol–water partition coefficient (Wildman–Crippen LogP) is 4.27. The molecule has 21 heavy (non-hydrogen) atoms. The molecular formula is C18H21NO2. The average molecular weight is 283 g/mol. The van der Waals surface area contributed by atoms with E-state index in [9.17, 15) is 0 Å². The molecule has 0 saturated carbocycles. The van der Waals surface area contributed by atoms with Crippen molar-refractivity contribution in [3.8, 4) is 11.5 Å². The van der Waals surface area contributed by atoms with Crippen molar-refractivity contribution < 1.29 is 9.47 Å². The van der Waals surface area contributed by atoms with Gasteiger partial charge < -0.3 is 14.9 Å². The fourth-order valence-corrected chi connectivity index (χ4v) is 2.47. The normalized spacial score (nSPS) is 11.7. The Kier molecular flexibility index (Phi) is 5.38. The van der Waals surface area contributed by atoms with E-state index in [1.54, 1.807) is 14.2 Å². The molecule has 0 bridgehead atoms. The van der Waals surface area contributed by atoms with Crippen LogP contribution in [0.4, 0.5) is 0 Å². The van der Waals surface area contributed by atoms with Gasteiger partial charge in [-0.2, -0.15) is 0 Å². The highest BCUT2D eigenvalue weighted by Crippen LogP contribution is 2.31. The number of nitrogens with one attached hydrogen (secondary N) is 1. The van der Waals surface area contributed by atoms with Crippen molar-refractivity contribution in [3.63, 3.8) is 0 Å². The number of methoxy groups -OCH3 is 2. The van der Waals surface area contributed by atoms with Gasteiger partial charge in [-0.15, -0.1) is 0 Å². The van der Waals surface area contributed by atoms with Gasteiger partial charge in [0, 0.05) is 5.92 Å². The van der Waals surface area contributed by atoms with Gasteiger partial charge in [-0.1, -0.05) is 24.3 Å². The Balaban J connectivity index is 2.33. The van der Waals surface area contributed by atoms with E-state index in [1.807, 2.05) is 24.3 Å². The molecule has 0 heterocycles. The Hall–Kier alpha value is -2.29. The number of benzene rings is 2. The van der Waals surface area contributed by atoms with Crippen LogP contribution in [0, 0.1) is 5.41 Å². The second-order valence-corrected chi connectivity index (χ2v) is 4.88. The molecule has 0 aliphatic carbocycles. The van der Waals surface area contributed by atoms with Gasteiger partial charge in [0.15, 0.2) is 0 Å². The zero-order chi connectivity index (χ0) is 15.1. The van der Waals surface area contributed by atoms with Gasteiger partial charge in [0.1, 0.15) is 11.5 Å². The van der Waals surface area contributed by atoms with Gasteiger partial charge in [0.25, 0.3) is 0 Å². The summed E-state index contributed by atoms with van der Waals surface area (Å²) in [5.41, 5.74) is 2.44. The minimum absolute atomic E-state index is 0.257. The first-order valence-corrected chi connectivity index (χ1v) is 7.05. The molecule has 110 valence electrons. The summed E-state index contributed by atoms with van der Waals surface area (Å²) in [7, 11) is 3.35. The molecule has 3 nitrogen and oxygen atoms in total. The monoisotopic (exact) mass is 283 g/mol. The SMILES string of the molecule is COc1ccc(C(CCC=N)c2cccc(OC)c2)cc1. The van der Waals surface area contributed by atoms with Gasteiger partial charge in [-0.05, 0) is 54.4 Å². The molecule has 0 radical (unpaired) electrons. The lowest BCUT2D eigenvalue weighted by molar-refractivity contribution is 0.413. The molecule has 1 atom stereocenters. The number of ether oxygens (including phenoxy) is 2. The van der Waals surface area contributed by atoms with Gasteiger partial charge in [-0.3, -0.25) is 0 Å². The van der Waals surface area contributed by atoms with Crippen LogP contribution < -0.4 is 9.47 Å². The van der Waals surface area contributed by atoms with Crippen LogP contribution in [-0.4, -0.2) is 20.4 Å². The van der Waals surface area contributed by atoms with Crippen molar-refractivity contribution >= 4 is 6.21 Å². The lowest BCUT2D eigenvalue weighted by atomic mass is 9.87. The predicted molar refractivity (Wildman–Crippen MR) is 85.8 cm³/mol. The highest BCUT2D eigenvalue weighted by atomic mass is 16.5. The van der Waals surface area contributed by atoms with Crippen molar-refractivity contribution in [3.05, 3.63) is 59.7 Å².